The van der Waals surface area contributed by atoms with Gasteiger partial charge in [-0.1, -0.05) is 29.8 Å². The summed E-state index contributed by atoms with van der Waals surface area (Å²) in [5.41, 5.74) is 0.994. The molecule has 0 unspecified atom stereocenters. The van der Waals surface area contributed by atoms with Crippen LogP contribution in [0.3, 0.4) is 0 Å². The van der Waals surface area contributed by atoms with Crippen molar-refractivity contribution in [3.63, 3.8) is 0 Å². The topological polar surface area (TPSA) is 72.2 Å². The highest BCUT2D eigenvalue weighted by Gasteiger charge is 2.08. The molecule has 0 aliphatic rings. The Bertz CT molecular complexity index is 699. The molecule has 0 spiro atoms. The number of halogens is 1. The minimum Gasteiger partial charge on any atom is -0.323 e. The van der Waals surface area contributed by atoms with Crippen LogP contribution in [0.5, 0.6) is 0 Å². The lowest BCUT2D eigenvalue weighted by Gasteiger charge is -2.01. The van der Waals surface area contributed by atoms with Crippen LogP contribution >= 0.6 is 11.6 Å². The molecule has 2 aromatic carbocycles. The number of hydrogen-bond acceptors (Lipinski definition) is 3. The Kier molecular flexibility index (Phi) is 4.68. The zero-order valence-corrected chi connectivity index (χ0v) is 11.6. The molecule has 0 fully saturated rings. The van der Waals surface area contributed by atoms with Gasteiger partial charge in [0.25, 0.3) is 5.69 Å². The van der Waals surface area contributed by atoms with E-state index in [9.17, 15) is 14.9 Å². The van der Waals surface area contributed by atoms with E-state index in [2.05, 4.69) is 5.32 Å². The Morgan fingerprint density at radius 1 is 1.19 bits per heavy atom. The zero-order chi connectivity index (χ0) is 15.2. The smallest absolute Gasteiger partial charge is 0.270 e. The van der Waals surface area contributed by atoms with Crippen molar-refractivity contribution in [2.45, 2.75) is 0 Å². The Balaban J connectivity index is 2.12. The summed E-state index contributed by atoms with van der Waals surface area (Å²) in [6.07, 6.45) is 2.71. The molecule has 0 heterocycles. The second kappa shape index (κ2) is 6.67. The molecule has 5 nitrogen and oxygen atoms in total. The minimum atomic E-state index is -0.516. The Labute approximate surface area is 126 Å². The number of nitro benzene ring substituents is 1. The molecule has 1 N–H and O–H groups in total. The maximum absolute atomic E-state index is 11.7. The van der Waals surface area contributed by atoms with Gasteiger partial charge >= 0.3 is 0 Å². The Hall–Kier alpha value is -2.66. The maximum atomic E-state index is 11.7. The molecule has 1 amide bonds. The summed E-state index contributed by atoms with van der Waals surface area (Å²) in [6, 6.07) is 13.0. The third kappa shape index (κ3) is 4.15. The van der Waals surface area contributed by atoms with E-state index in [4.69, 9.17) is 11.6 Å². The lowest BCUT2D eigenvalue weighted by atomic mass is 10.2. The van der Waals surface area contributed by atoms with E-state index < -0.39 is 4.92 Å². The molecule has 0 aromatic heterocycles. The fraction of sp³-hybridized carbons (Fsp3) is 0. The first-order valence-corrected chi connectivity index (χ1v) is 6.42. The molecule has 106 valence electrons. The molecular weight excluding hydrogens is 292 g/mol. The molecule has 6 heteroatoms. The van der Waals surface area contributed by atoms with Gasteiger partial charge in [0.05, 0.1) is 4.92 Å². The number of rotatable bonds is 4. The van der Waals surface area contributed by atoms with E-state index >= 15 is 0 Å². The van der Waals surface area contributed by atoms with E-state index in [-0.39, 0.29) is 11.6 Å². The summed E-state index contributed by atoms with van der Waals surface area (Å²) in [6.45, 7) is 0. The van der Waals surface area contributed by atoms with Crippen molar-refractivity contribution in [3.05, 3.63) is 75.3 Å². The molecule has 21 heavy (non-hydrogen) atoms. The van der Waals surface area contributed by atoms with Crippen LogP contribution in [-0.4, -0.2) is 10.8 Å². The number of carbonyl (C=O) groups excluding carboxylic acids is 1. The summed E-state index contributed by atoms with van der Waals surface area (Å²) in [5.74, 6) is -0.344. The number of nitrogens with zero attached hydrogens (tertiary/aromatic N) is 1. The second-order valence-corrected chi connectivity index (χ2v) is 4.56. The van der Waals surface area contributed by atoms with Crippen LogP contribution in [0.25, 0.3) is 6.08 Å². The molecule has 0 saturated heterocycles. The van der Waals surface area contributed by atoms with Gasteiger partial charge in [0.15, 0.2) is 0 Å². The SMILES string of the molecule is O=C(C=Cc1cc([N+](=O)[O-])ccc1Cl)Nc1ccccc1. The number of carbonyl (C=O) groups is 1. The van der Waals surface area contributed by atoms with Gasteiger partial charge in [-0.3, -0.25) is 14.9 Å². The van der Waals surface area contributed by atoms with Gasteiger partial charge in [-0.15, -0.1) is 0 Å². The summed E-state index contributed by atoms with van der Waals surface area (Å²) in [7, 11) is 0. The van der Waals surface area contributed by atoms with Gasteiger partial charge in [-0.2, -0.15) is 0 Å². The number of nitro groups is 1. The normalized spacial score (nSPS) is 10.5. The van der Waals surface area contributed by atoms with E-state index in [0.29, 0.717) is 16.3 Å². The predicted molar refractivity (Wildman–Crippen MR) is 82.2 cm³/mol. The third-order valence-electron chi connectivity index (χ3n) is 2.65. The van der Waals surface area contributed by atoms with Crippen molar-refractivity contribution in [3.8, 4) is 0 Å². The number of non-ortho nitro benzene ring substituents is 1. The summed E-state index contributed by atoms with van der Waals surface area (Å²) in [4.78, 5) is 21.9. The molecule has 2 aromatic rings. The average Bonchev–Trinajstić information content (AvgIpc) is 2.47. The van der Waals surface area contributed by atoms with Crippen molar-refractivity contribution in [1.82, 2.24) is 0 Å². The number of nitrogens with one attached hydrogen (secondary N) is 1. The van der Waals surface area contributed by atoms with Crippen molar-refractivity contribution >= 4 is 35.0 Å². The first-order valence-electron chi connectivity index (χ1n) is 6.04. The molecule has 2 rings (SSSR count). The molecule has 0 aliphatic carbocycles. The third-order valence-corrected chi connectivity index (χ3v) is 2.99. The first-order chi connectivity index (χ1) is 10.1. The van der Waals surface area contributed by atoms with Crippen molar-refractivity contribution in [2.24, 2.45) is 0 Å². The van der Waals surface area contributed by atoms with Crippen molar-refractivity contribution < 1.29 is 9.72 Å². The van der Waals surface area contributed by atoms with Crippen LogP contribution in [0.4, 0.5) is 11.4 Å². The number of para-hydroxylation sites is 1. The Morgan fingerprint density at radius 2 is 1.90 bits per heavy atom. The van der Waals surface area contributed by atoms with Gasteiger partial charge < -0.3 is 5.32 Å². The number of benzene rings is 2. The van der Waals surface area contributed by atoms with Crippen LogP contribution in [0.1, 0.15) is 5.56 Å². The van der Waals surface area contributed by atoms with Gasteiger partial charge in [-0.25, -0.2) is 0 Å². The standard InChI is InChI=1S/C15H11ClN2O3/c16-14-8-7-13(18(20)21)10-11(14)6-9-15(19)17-12-4-2-1-3-5-12/h1-10H,(H,17,19). The van der Waals surface area contributed by atoms with Gasteiger partial charge in [0.1, 0.15) is 0 Å². The van der Waals surface area contributed by atoms with Crippen molar-refractivity contribution in [1.29, 1.82) is 0 Å². The van der Waals surface area contributed by atoms with Crippen molar-refractivity contribution in [2.75, 3.05) is 5.32 Å². The molecule has 0 saturated carbocycles. The van der Waals surface area contributed by atoms with Gasteiger partial charge in [0, 0.05) is 34.5 Å². The van der Waals surface area contributed by atoms with E-state index in [1.54, 1.807) is 24.3 Å². The van der Waals surface area contributed by atoms with E-state index in [1.807, 2.05) is 6.07 Å². The first kappa shape index (κ1) is 14.7. The Morgan fingerprint density at radius 3 is 2.57 bits per heavy atom. The van der Waals surface area contributed by atoms with E-state index in [1.165, 1.54) is 30.4 Å². The number of anilines is 1. The van der Waals surface area contributed by atoms with Crippen LogP contribution in [0.15, 0.2) is 54.6 Å². The average molecular weight is 303 g/mol. The highest BCUT2D eigenvalue weighted by molar-refractivity contribution is 6.32. The van der Waals surface area contributed by atoms with Crippen LogP contribution in [-0.2, 0) is 4.79 Å². The minimum absolute atomic E-state index is 0.0810. The summed E-state index contributed by atoms with van der Waals surface area (Å²) >= 11 is 5.94. The van der Waals surface area contributed by atoms with Gasteiger partial charge in [0.2, 0.25) is 5.91 Å². The molecule has 0 bridgehead atoms. The molecular formula is C15H11ClN2O3. The van der Waals surface area contributed by atoms with Crippen LogP contribution in [0, 0.1) is 10.1 Å². The summed E-state index contributed by atoms with van der Waals surface area (Å²) in [5, 5.41) is 13.7. The molecule has 0 aliphatic heterocycles. The zero-order valence-electron chi connectivity index (χ0n) is 10.8. The monoisotopic (exact) mass is 302 g/mol. The fourth-order valence-electron chi connectivity index (χ4n) is 1.64. The van der Waals surface area contributed by atoms with Crippen LogP contribution in [0.2, 0.25) is 5.02 Å². The van der Waals surface area contributed by atoms with Crippen LogP contribution < -0.4 is 5.32 Å². The number of amides is 1. The fourth-order valence-corrected chi connectivity index (χ4v) is 1.82. The second-order valence-electron chi connectivity index (χ2n) is 4.15. The quantitative estimate of drug-likeness (QED) is 0.529. The maximum Gasteiger partial charge on any atom is 0.270 e. The predicted octanol–water partition coefficient (Wildman–Crippen LogP) is 3.90. The lowest BCUT2D eigenvalue weighted by Crippen LogP contribution is -2.07. The molecule has 0 radical (unpaired) electrons. The summed E-state index contributed by atoms with van der Waals surface area (Å²) < 4.78 is 0. The van der Waals surface area contributed by atoms with Gasteiger partial charge in [-0.05, 0) is 24.3 Å². The van der Waals surface area contributed by atoms with E-state index in [0.717, 1.165) is 0 Å². The largest absolute Gasteiger partial charge is 0.323 e. The highest BCUT2D eigenvalue weighted by Crippen LogP contribution is 2.23. The number of hydrogen-bond donors (Lipinski definition) is 1. The lowest BCUT2D eigenvalue weighted by molar-refractivity contribution is -0.384. The highest BCUT2D eigenvalue weighted by atomic mass is 35.5. The molecule has 0 atom stereocenters.